The third kappa shape index (κ3) is 9.27. The van der Waals surface area contributed by atoms with Crippen molar-refractivity contribution in [1.29, 1.82) is 0 Å². The summed E-state index contributed by atoms with van der Waals surface area (Å²) in [6.07, 6.45) is 5.83. The molecule has 0 aliphatic carbocycles. The van der Waals surface area contributed by atoms with Gasteiger partial charge in [0.05, 0.1) is 11.7 Å². The number of halogens is 2. The second-order valence-corrected chi connectivity index (χ2v) is 11.0. The van der Waals surface area contributed by atoms with Crippen LogP contribution >= 0.6 is 17.5 Å². The molecule has 2 radical (unpaired) electrons. The Morgan fingerprint density at radius 3 is 1.46 bits per heavy atom. The quantitative estimate of drug-likeness (QED) is 0.199. The Morgan fingerprint density at radius 1 is 0.634 bits per heavy atom. The molecule has 5 aromatic rings. The number of rotatable bonds is 6. The second kappa shape index (κ2) is 17.8. The molecule has 1 aliphatic heterocycles. The van der Waals surface area contributed by atoms with Crippen molar-refractivity contribution in [3.63, 3.8) is 0 Å². The molecule has 1 atom stereocenters. The zero-order valence-corrected chi connectivity index (χ0v) is 26.4. The number of benzene rings is 4. The van der Waals surface area contributed by atoms with Crippen molar-refractivity contribution in [2.24, 2.45) is 0 Å². The number of hydrogen-bond acceptors (Lipinski definition) is 3. The molecule has 7 heteroatoms. The fraction of sp³-hybridized carbons (Fsp3) is 0.0588. The molecule has 0 amide bonds. The molecule has 2 heterocycles. The van der Waals surface area contributed by atoms with Gasteiger partial charge in [-0.25, -0.2) is 0 Å². The molecular weight excluding hydrogens is 659 g/mol. The Hall–Kier alpha value is -2.96. The van der Waals surface area contributed by atoms with E-state index in [9.17, 15) is 0 Å². The maximum atomic E-state index is 4.49. The van der Waals surface area contributed by atoms with E-state index in [1.807, 2.05) is 54.8 Å². The van der Waals surface area contributed by atoms with Crippen LogP contribution in [-0.4, -0.2) is 21.8 Å². The summed E-state index contributed by atoms with van der Waals surface area (Å²) in [5.74, 6) is 0. The third-order valence-electron chi connectivity index (χ3n) is 6.13. The maximum Gasteiger partial charge on any atom is -0.0134 e. The van der Waals surface area contributed by atoms with Gasteiger partial charge in [-0.15, -0.1) is 0 Å². The summed E-state index contributed by atoms with van der Waals surface area (Å²) in [7, 11) is 6.01. The molecule has 0 saturated carbocycles. The fourth-order valence-electron chi connectivity index (χ4n) is 4.39. The third-order valence-corrected chi connectivity index (χ3v) is 8.57. The van der Waals surface area contributed by atoms with Gasteiger partial charge in [0.2, 0.25) is 6.67 Å². The number of pyridine rings is 1. The van der Waals surface area contributed by atoms with Crippen LogP contribution in [0.5, 0.6) is 0 Å². The molecule has 0 N–H and O–H groups in total. The Bertz CT molecular complexity index is 1280. The molecule has 1 aromatic heterocycles. The molecule has 0 bridgehead atoms. The second-order valence-electron chi connectivity index (χ2n) is 8.83. The van der Waals surface area contributed by atoms with E-state index in [0.717, 1.165) is 5.69 Å². The molecule has 0 unspecified atom stereocenters. The van der Waals surface area contributed by atoms with E-state index in [1.165, 1.54) is 21.5 Å². The minimum Gasteiger partial charge on any atom is -0.0622 e. The number of hydrogen-bond donors (Lipinski definition) is 0. The minimum atomic E-state index is -0.446. The minimum absolute atomic E-state index is 0. The van der Waals surface area contributed by atoms with Gasteiger partial charge in [0.25, 0.3) is 0 Å². The smallest absolute Gasteiger partial charge is 0.0134 e. The standard InChI is InChI=1S/C18H15P.C16H15N3.2ClH.Pd/c1-4-10-16(11-5-1)19(17-12-6-2-7-13-17)18-14-8-3-9-15-18;1-18-11-12-19(13-18)16(14-7-3-2-4-8-14)15-9-5-6-10-17-15;;;/h1-15H;2-12,16H,1H3;2*1H;/q;;;;+2/p-2/t;16-;;;/m.0.../s1. The molecule has 6 rings (SSSR count). The predicted molar refractivity (Wildman–Crippen MR) is 166 cm³/mol. The Labute approximate surface area is 266 Å². The summed E-state index contributed by atoms with van der Waals surface area (Å²) < 4.78 is 0. The fourth-order valence-corrected chi connectivity index (χ4v) is 6.69. The van der Waals surface area contributed by atoms with E-state index in [1.54, 1.807) is 0 Å². The Morgan fingerprint density at radius 2 is 1.07 bits per heavy atom. The summed E-state index contributed by atoms with van der Waals surface area (Å²) in [5, 5.41) is 4.19. The molecule has 1 aliphatic rings. The van der Waals surface area contributed by atoms with Crippen LogP contribution in [0.15, 0.2) is 158 Å². The van der Waals surface area contributed by atoms with Gasteiger partial charge in [-0.3, -0.25) is 4.98 Å². The van der Waals surface area contributed by atoms with E-state index in [-0.39, 0.29) is 18.4 Å². The first-order chi connectivity index (χ1) is 19.8. The van der Waals surface area contributed by atoms with Crippen LogP contribution in [-0.2, 0) is 18.2 Å². The van der Waals surface area contributed by atoms with E-state index < -0.39 is 7.92 Å². The largest absolute Gasteiger partial charge is 0.0622 e. The van der Waals surface area contributed by atoms with Crippen molar-refractivity contribution >= 4 is 33.4 Å². The Kier molecular flexibility index (Phi) is 14.1. The Balaban J connectivity index is 0.000000208. The van der Waals surface area contributed by atoms with E-state index in [4.69, 9.17) is 0 Å². The maximum absolute atomic E-state index is 4.49. The van der Waals surface area contributed by atoms with E-state index in [0.29, 0.717) is 0 Å². The van der Waals surface area contributed by atoms with Crippen LogP contribution in [0, 0.1) is 6.67 Å². The van der Waals surface area contributed by atoms with Crippen molar-refractivity contribution in [2.75, 3.05) is 7.05 Å². The summed E-state index contributed by atoms with van der Waals surface area (Å²) in [5.41, 5.74) is 2.22. The van der Waals surface area contributed by atoms with Crippen molar-refractivity contribution in [3.05, 3.63) is 176 Å². The van der Waals surface area contributed by atoms with Gasteiger partial charge >= 0.3 is 27.7 Å². The van der Waals surface area contributed by atoms with Gasteiger partial charge in [-0.1, -0.05) is 127 Å². The normalized spacial score (nSPS) is 12.4. The average Bonchev–Trinajstić information content (AvgIpc) is 3.47. The molecule has 4 aromatic carbocycles. The monoisotopic (exact) mass is 687 g/mol. The summed E-state index contributed by atoms with van der Waals surface area (Å²) in [4.78, 5) is 8.46. The van der Waals surface area contributed by atoms with Crippen LogP contribution in [0.3, 0.4) is 0 Å². The number of nitrogens with zero attached hydrogens (tertiary/aromatic N) is 3. The summed E-state index contributed by atoms with van der Waals surface area (Å²) >= 11 is 2.22. The molecule has 210 valence electrons. The van der Waals surface area contributed by atoms with Crippen molar-refractivity contribution in [2.45, 2.75) is 6.04 Å². The van der Waals surface area contributed by atoms with Gasteiger partial charge in [-0.2, -0.15) is 0 Å². The zero-order chi connectivity index (χ0) is 28.0. The van der Waals surface area contributed by atoms with Crippen molar-refractivity contribution in [1.82, 2.24) is 14.8 Å². The van der Waals surface area contributed by atoms with Crippen LogP contribution in [0.1, 0.15) is 17.3 Å². The number of aromatic nitrogens is 1. The molecule has 3 nitrogen and oxygen atoms in total. The first-order valence-corrected chi connectivity index (χ1v) is 16.1. The van der Waals surface area contributed by atoms with Gasteiger partial charge < -0.3 is 22.2 Å². The molecule has 0 fully saturated rings. The van der Waals surface area contributed by atoms with Gasteiger partial charge in [0.15, 0.2) is 0 Å². The SMILES string of the molecule is CN1[C]N([C@@H](c2ccccc2)c2ccccn2)C=C1.[Cl-].[Cl][Pd+].c1ccc(P(c2ccccc2)c2ccccc2)cc1. The van der Waals surface area contributed by atoms with Gasteiger partial charge in [0, 0.05) is 25.6 Å². The zero-order valence-electron chi connectivity index (χ0n) is 22.4. The summed E-state index contributed by atoms with van der Waals surface area (Å²) in [6.45, 7) is 3.27. The van der Waals surface area contributed by atoms with Gasteiger partial charge in [-0.05, 0) is 41.5 Å². The van der Waals surface area contributed by atoms with Crippen LogP contribution in [0.2, 0.25) is 0 Å². The van der Waals surface area contributed by atoms with E-state index in [2.05, 4.69) is 160 Å². The van der Waals surface area contributed by atoms with Crippen molar-refractivity contribution in [3.8, 4) is 0 Å². The van der Waals surface area contributed by atoms with Crippen molar-refractivity contribution < 1.29 is 30.6 Å². The molecule has 0 saturated heterocycles. The average molecular weight is 689 g/mol. The first kappa shape index (κ1) is 32.6. The molecule has 0 spiro atoms. The predicted octanol–water partition coefficient (Wildman–Crippen LogP) is 4.02. The molecular formula is C34H30Cl2N3PPd. The topological polar surface area (TPSA) is 19.4 Å². The van der Waals surface area contributed by atoms with Crippen LogP contribution in [0.25, 0.3) is 0 Å². The van der Waals surface area contributed by atoms with Crippen LogP contribution < -0.4 is 28.3 Å². The van der Waals surface area contributed by atoms with E-state index >= 15 is 0 Å². The van der Waals surface area contributed by atoms with Gasteiger partial charge in [0.1, 0.15) is 0 Å². The molecule has 41 heavy (non-hydrogen) atoms. The first-order valence-electron chi connectivity index (χ1n) is 12.8. The summed E-state index contributed by atoms with van der Waals surface area (Å²) in [6, 6.07) is 48.7. The van der Waals surface area contributed by atoms with Crippen LogP contribution in [0.4, 0.5) is 0 Å².